The third-order valence-corrected chi connectivity index (χ3v) is 2.29. The lowest BCUT2D eigenvalue weighted by Crippen LogP contribution is -2.40. The first-order chi connectivity index (χ1) is 8.39. The van der Waals surface area contributed by atoms with Gasteiger partial charge in [0.1, 0.15) is 0 Å². The largest absolute Gasteiger partial charge is 0.409 e. The lowest BCUT2D eigenvalue weighted by Gasteiger charge is -2.29. The van der Waals surface area contributed by atoms with E-state index in [0.29, 0.717) is 24.6 Å². The van der Waals surface area contributed by atoms with Gasteiger partial charge < -0.3 is 20.9 Å². The van der Waals surface area contributed by atoms with Crippen LogP contribution in [0, 0.1) is 0 Å². The van der Waals surface area contributed by atoms with E-state index in [-0.39, 0.29) is 5.84 Å². The van der Waals surface area contributed by atoms with Gasteiger partial charge in [-0.3, -0.25) is 0 Å². The molecule has 0 fully saturated rings. The highest BCUT2D eigenvalue weighted by atomic mass is 16.4. The van der Waals surface area contributed by atoms with E-state index in [1.165, 1.54) is 12.4 Å². The number of rotatable bonds is 5. The number of hydrogen-bond donors (Lipinski definition) is 3. The molecule has 18 heavy (non-hydrogen) atoms. The Morgan fingerprint density at radius 3 is 2.56 bits per heavy atom. The van der Waals surface area contributed by atoms with Gasteiger partial charge in [-0.15, -0.1) is 0 Å². The lowest BCUT2D eigenvalue weighted by atomic mass is 10.1. The quantitative estimate of drug-likeness (QED) is 0.299. The Kier molecular flexibility index (Phi) is 4.43. The predicted octanol–water partition coefficient (Wildman–Crippen LogP) is 0.168. The number of aliphatic hydroxyl groups is 1. The Balaban J connectivity index is 3.14. The molecule has 0 bridgehead atoms. The summed E-state index contributed by atoms with van der Waals surface area (Å²) in [4.78, 5) is 10.0. The van der Waals surface area contributed by atoms with Crippen LogP contribution in [0.4, 0.5) is 5.82 Å². The average Bonchev–Trinajstić information content (AvgIpc) is 2.34. The normalized spacial score (nSPS) is 12.6. The maximum atomic E-state index is 9.87. The van der Waals surface area contributed by atoms with Crippen LogP contribution in [0.15, 0.2) is 17.5 Å². The number of aromatic nitrogens is 2. The van der Waals surface area contributed by atoms with E-state index in [0.717, 1.165) is 0 Å². The minimum absolute atomic E-state index is 0.104. The van der Waals surface area contributed by atoms with E-state index in [9.17, 15) is 5.11 Å². The number of nitrogens with zero attached hydrogens (tertiary/aromatic N) is 4. The van der Waals surface area contributed by atoms with E-state index < -0.39 is 5.60 Å². The molecule has 0 unspecified atom stereocenters. The molecule has 1 aromatic heterocycles. The van der Waals surface area contributed by atoms with Crippen molar-refractivity contribution in [3.05, 3.63) is 18.1 Å². The summed E-state index contributed by atoms with van der Waals surface area (Å²) in [5.74, 6) is 0.379. The Labute approximate surface area is 106 Å². The van der Waals surface area contributed by atoms with E-state index in [1.54, 1.807) is 13.8 Å². The van der Waals surface area contributed by atoms with E-state index in [2.05, 4.69) is 15.1 Å². The van der Waals surface area contributed by atoms with Crippen molar-refractivity contribution in [2.75, 3.05) is 18.0 Å². The smallest absolute Gasteiger partial charge is 0.192 e. The van der Waals surface area contributed by atoms with Crippen LogP contribution in [0.3, 0.4) is 0 Å². The Bertz CT molecular complexity index is 428. The molecule has 0 saturated carbocycles. The fourth-order valence-electron chi connectivity index (χ4n) is 1.59. The van der Waals surface area contributed by atoms with Gasteiger partial charge in [-0.25, -0.2) is 9.97 Å². The van der Waals surface area contributed by atoms with Crippen LogP contribution < -0.4 is 10.6 Å². The molecule has 0 atom stereocenters. The second-order valence-corrected chi connectivity index (χ2v) is 4.54. The number of likely N-dealkylation sites (N-methyl/N-ethyl adjacent to an activating group) is 1. The topological polar surface area (TPSA) is 108 Å². The average molecular weight is 253 g/mol. The summed E-state index contributed by atoms with van der Waals surface area (Å²) in [6.07, 6.45) is 2.99. The van der Waals surface area contributed by atoms with Crippen LogP contribution in [0.2, 0.25) is 0 Å². The summed E-state index contributed by atoms with van der Waals surface area (Å²) in [7, 11) is 0. The molecule has 0 aromatic carbocycles. The Morgan fingerprint density at radius 1 is 1.44 bits per heavy atom. The lowest BCUT2D eigenvalue weighted by molar-refractivity contribution is 0.0874. The van der Waals surface area contributed by atoms with Crippen molar-refractivity contribution >= 4 is 11.7 Å². The van der Waals surface area contributed by atoms with Crippen LogP contribution in [0.5, 0.6) is 0 Å². The molecule has 0 aliphatic carbocycles. The number of hydrogen-bond acceptors (Lipinski definition) is 6. The maximum absolute atomic E-state index is 9.87. The van der Waals surface area contributed by atoms with Crippen LogP contribution >= 0.6 is 0 Å². The van der Waals surface area contributed by atoms with Crippen molar-refractivity contribution in [1.29, 1.82) is 0 Å². The fraction of sp³-hybridized carbons (Fsp3) is 0.545. The summed E-state index contributed by atoms with van der Waals surface area (Å²) in [5.41, 5.74) is 4.98. The van der Waals surface area contributed by atoms with Gasteiger partial charge in [0.25, 0.3) is 0 Å². The Morgan fingerprint density at radius 2 is 2.06 bits per heavy atom. The van der Waals surface area contributed by atoms with Crippen LogP contribution in [0.1, 0.15) is 26.5 Å². The van der Waals surface area contributed by atoms with E-state index >= 15 is 0 Å². The SMILES string of the molecule is CCN(CC(C)(C)O)c1nccnc1C(N)=NO. The first kappa shape index (κ1) is 14.2. The zero-order valence-corrected chi connectivity index (χ0v) is 10.8. The molecule has 0 aliphatic heterocycles. The monoisotopic (exact) mass is 253 g/mol. The summed E-state index contributed by atoms with van der Waals surface area (Å²) < 4.78 is 0. The van der Waals surface area contributed by atoms with Crippen LogP contribution in [0.25, 0.3) is 0 Å². The highest BCUT2D eigenvalue weighted by Gasteiger charge is 2.22. The van der Waals surface area contributed by atoms with Crippen molar-refractivity contribution < 1.29 is 10.3 Å². The third-order valence-electron chi connectivity index (χ3n) is 2.29. The Hall–Kier alpha value is -1.89. The number of nitrogens with two attached hydrogens (primary N) is 1. The van der Waals surface area contributed by atoms with Crippen molar-refractivity contribution in [3.8, 4) is 0 Å². The molecule has 7 nitrogen and oxygen atoms in total. The van der Waals surface area contributed by atoms with Crippen LogP contribution in [-0.2, 0) is 0 Å². The molecule has 4 N–H and O–H groups in total. The van der Waals surface area contributed by atoms with E-state index in [4.69, 9.17) is 10.9 Å². The summed E-state index contributed by atoms with van der Waals surface area (Å²) in [6, 6.07) is 0. The van der Waals surface area contributed by atoms with Crippen molar-refractivity contribution in [2.24, 2.45) is 10.9 Å². The molecule has 0 saturated heterocycles. The van der Waals surface area contributed by atoms with Gasteiger partial charge in [-0.1, -0.05) is 5.16 Å². The summed E-state index contributed by atoms with van der Waals surface area (Å²) in [5, 5.41) is 21.5. The minimum atomic E-state index is -0.879. The van der Waals surface area contributed by atoms with Gasteiger partial charge in [0.15, 0.2) is 17.3 Å². The molecule has 1 heterocycles. The second-order valence-electron chi connectivity index (χ2n) is 4.54. The predicted molar refractivity (Wildman–Crippen MR) is 68.7 cm³/mol. The van der Waals surface area contributed by atoms with Crippen molar-refractivity contribution in [1.82, 2.24) is 9.97 Å². The van der Waals surface area contributed by atoms with Gasteiger partial charge in [0.2, 0.25) is 0 Å². The van der Waals surface area contributed by atoms with Gasteiger partial charge in [0.05, 0.1) is 5.60 Å². The first-order valence-corrected chi connectivity index (χ1v) is 5.65. The molecular formula is C11H19N5O2. The molecule has 1 aromatic rings. The van der Waals surface area contributed by atoms with Gasteiger partial charge >= 0.3 is 0 Å². The molecule has 7 heteroatoms. The zero-order chi connectivity index (χ0) is 13.8. The highest BCUT2D eigenvalue weighted by Crippen LogP contribution is 2.17. The molecule has 1 rings (SSSR count). The maximum Gasteiger partial charge on any atom is 0.192 e. The molecular weight excluding hydrogens is 234 g/mol. The summed E-state index contributed by atoms with van der Waals surface area (Å²) >= 11 is 0. The first-order valence-electron chi connectivity index (χ1n) is 5.65. The number of amidine groups is 1. The van der Waals surface area contributed by atoms with Gasteiger partial charge in [-0.05, 0) is 20.8 Å². The molecule has 100 valence electrons. The van der Waals surface area contributed by atoms with Gasteiger partial charge in [0, 0.05) is 25.5 Å². The van der Waals surface area contributed by atoms with Crippen LogP contribution in [-0.4, -0.2) is 44.8 Å². The summed E-state index contributed by atoms with van der Waals surface area (Å²) in [6.45, 7) is 6.32. The standard InChI is InChI=1S/C11H19N5O2/c1-4-16(7-11(2,3)17)10-8(9(12)15-18)13-5-6-14-10/h5-6,17-18H,4,7H2,1-3H3,(H2,12,15). The molecule has 0 aliphatic rings. The molecule has 0 spiro atoms. The van der Waals surface area contributed by atoms with Crippen molar-refractivity contribution in [3.63, 3.8) is 0 Å². The minimum Gasteiger partial charge on any atom is -0.409 e. The third kappa shape index (κ3) is 3.56. The van der Waals surface area contributed by atoms with Crippen molar-refractivity contribution in [2.45, 2.75) is 26.4 Å². The molecule has 0 amide bonds. The number of anilines is 1. The van der Waals surface area contributed by atoms with Gasteiger partial charge in [-0.2, -0.15) is 0 Å². The number of oxime groups is 1. The fourth-order valence-corrected chi connectivity index (χ4v) is 1.59. The molecule has 0 radical (unpaired) electrons. The second kappa shape index (κ2) is 5.63. The zero-order valence-electron chi connectivity index (χ0n) is 10.8. The van der Waals surface area contributed by atoms with E-state index in [1.807, 2.05) is 11.8 Å². The highest BCUT2D eigenvalue weighted by molar-refractivity contribution is 5.99.